The summed E-state index contributed by atoms with van der Waals surface area (Å²) in [6.45, 7) is 4.39. The zero-order valence-electron chi connectivity index (χ0n) is 14.4. The van der Waals surface area contributed by atoms with Crippen molar-refractivity contribution in [3.63, 3.8) is 0 Å². The highest BCUT2D eigenvalue weighted by Gasteiger charge is 2.34. The molecule has 0 amide bonds. The SMILES string of the molecule is CCOC(=O)c1cnc2n(c1=O)C[C@@H](C)C[C@H]2C(O)c1ccccc1. The third-order valence-electron chi connectivity index (χ3n) is 4.58. The van der Waals surface area contributed by atoms with Crippen LogP contribution >= 0.6 is 0 Å². The van der Waals surface area contributed by atoms with Gasteiger partial charge in [-0.3, -0.25) is 9.36 Å². The molecule has 132 valence electrons. The van der Waals surface area contributed by atoms with Crippen LogP contribution in [0.5, 0.6) is 0 Å². The van der Waals surface area contributed by atoms with Gasteiger partial charge < -0.3 is 9.84 Å². The first-order chi connectivity index (χ1) is 12.0. The molecule has 1 aromatic carbocycles. The quantitative estimate of drug-likeness (QED) is 0.862. The molecule has 1 aliphatic heterocycles. The molecular formula is C19H22N2O4. The average Bonchev–Trinajstić information content (AvgIpc) is 2.62. The molecule has 1 aliphatic rings. The number of aromatic nitrogens is 2. The fourth-order valence-corrected chi connectivity index (χ4v) is 3.40. The lowest BCUT2D eigenvalue weighted by atomic mass is 9.84. The van der Waals surface area contributed by atoms with Crippen LogP contribution in [0.25, 0.3) is 0 Å². The summed E-state index contributed by atoms with van der Waals surface area (Å²) in [4.78, 5) is 29.0. The van der Waals surface area contributed by atoms with Crippen molar-refractivity contribution >= 4 is 5.97 Å². The van der Waals surface area contributed by atoms with Gasteiger partial charge in [-0.1, -0.05) is 37.3 Å². The second-order valence-corrected chi connectivity index (χ2v) is 6.47. The Balaban J connectivity index is 2.03. The highest BCUT2D eigenvalue weighted by Crippen LogP contribution is 2.38. The summed E-state index contributed by atoms with van der Waals surface area (Å²) in [6.07, 6.45) is 1.24. The van der Waals surface area contributed by atoms with Crippen molar-refractivity contribution in [3.8, 4) is 0 Å². The van der Waals surface area contributed by atoms with Crippen molar-refractivity contribution in [2.45, 2.75) is 38.8 Å². The van der Waals surface area contributed by atoms with Crippen molar-refractivity contribution < 1.29 is 14.6 Å². The van der Waals surface area contributed by atoms with Crippen LogP contribution in [0.4, 0.5) is 0 Å². The van der Waals surface area contributed by atoms with Crippen LogP contribution in [0.2, 0.25) is 0 Å². The third-order valence-corrected chi connectivity index (χ3v) is 4.58. The molecule has 3 rings (SSSR count). The minimum Gasteiger partial charge on any atom is -0.462 e. The first-order valence-corrected chi connectivity index (χ1v) is 8.52. The Labute approximate surface area is 146 Å². The van der Waals surface area contributed by atoms with Gasteiger partial charge in [-0.05, 0) is 24.8 Å². The largest absolute Gasteiger partial charge is 0.462 e. The lowest BCUT2D eigenvalue weighted by molar-refractivity contribution is 0.0521. The molecule has 3 atom stereocenters. The lowest BCUT2D eigenvalue weighted by Gasteiger charge is -2.33. The standard InChI is InChI=1S/C19H22N2O4/c1-3-25-19(24)15-10-20-17-14(9-12(2)11-21(17)18(15)23)16(22)13-7-5-4-6-8-13/h4-8,10,12,14,16,22H,3,9,11H2,1-2H3/t12-,14-,16?/m0/s1. The predicted octanol–water partition coefficient (Wildman–Crippen LogP) is 2.28. The Bertz CT molecular complexity index is 816. The molecule has 0 bridgehead atoms. The smallest absolute Gasteiger partial charge is 0.345 e. The highest BCUT2D eigenvalue weighted by atomic mass is 16.5. The Morgan fingerprint density at radius 3 is 2.80 bits per heavy atom. The van der Waals surface area contributed by atoms with Gasteiger partial charge in [0.2, 0.25) is 0 Å². The summed E-state index contributed by atoms with van der Waals surface area (Å²) < 4.78 is 6.44. The van der Waals surface area contributed by atoms with Crippen LogP contribution in [0.1, 0.15) is 54.0 Å². The van der Waals surface area contributed by atoms with Crippen LogP contribution in [-0.4, -0.2) is 27.2 Å². The molecule has 25 heavy (non-hydrogen) atoms. The maximum Gasteiger partial charge on any atom is 0.345 e. The van der Waals surface area contributed by atoms with E-state index in [4.69, 9.17) is 4.74 Å². The van der Waals surface area contributed by atoms with Crippen LogP contribution in [0.15, 0.2) is 41.3 Å². The van der Waals surface area contributed by atoms with E-state index in [9.17, 15) is 14.7 Å². The molecule has 2 aromatic rings. The number of ether oxygens (including phenoxy) is 1. The fourth-order valence-electron chi connectivity index (χ4n) is 3.40. The second-order valence-electron chi connectivity index (χ2n) is 6.47. The van der Waals surface area contributed by atoms with E-state index in [1.54, 1.807) is 6.92 Å². The van der Waals surface area contributed by atoms with E-state index >= 15 is 0 Å². The molecule has 1 aromatic heterocycles. The first-order valence-electron chi connectivity index (χ1n) is 8.52. The summed E-state index contributed by atoms with van der Waals surface area (Å²) in [5, 5.41) is 10.8. The summed E-state index contributed by atoms with van der Waals surface area (Å²) in [7, 11) is 0. The molecule has 2 heterocycles. The van der Waals surface area contributed by atoms with Crippen molar-refractivity contribution in [1.82, 2.24) is 9.55 Å². The molecule has 0 saturated heterocycles. The highest BCUT2D eigenvalue weighted by molar-refractivity contribution is 5.88. The number of carbonyl (C=O) groups is 1. The monoisotopic (exact) mass is 342 g/mol. The van der Waals surface area contributed by atoms with E-state index in [1.165, 1.54) is 10.8 Å². The van der Waals surface area contributed by atoms with E-state index in [0.29, 0.717) is 12.4 Å². The number of benzene rings is 1. The average molecular weight is 342 g/mol. The summed E-state index contributed by atoms with van der Waals surface area (Å²) in [5.41, 5.74) is 0.324. The molecule has 6 heteroatoms. The van der Waals surface area contributed by atoms with E-state index in [1.807, 2.05) is 37.3 Å². The minimum atomic E-state index is -0.754. The van der Waals surface area contributed by atoms with Gasteiger partial charge in [-0.15, -0.1) is 0 Å². The van der Waals surface area contributed by atoms with Gasteiger partial charge in [-0.25, -0.2) is 9.78 Å². The molecule has 0 fully saturated rings. The molecule has 0 aliphatic carbocycles. The van der Waals surface area contributed by atoms with E-state index < -0.39 is 17.6 Å². The number of hydrogen-bond acceptors (Lipinski definition) is 5. The van der Waals surface area contributed by atoms with Crippen LogP contribution in [0.3, 0.4) is 0 Å². The first kappa shape index (κ1) is 17.4. The number of aliphatic hydroxyl groups is 1. The molecule has 6 nitrogen and oxygen atoms in total. The van der Waals surface area contributed by atoms with Crippen LogP contribution in [0, 0.1) is 5.92 Å². The Kier molecular flexibility index (Phi) is 4.99. The molecule has 1 N–H and O–H groups in total. The number of rotatable bonds is 4. The number of esters is 1. The van der Waals surface area contributed by atoms with E-state index in [2.05, 4.69) is 4.98 Å². The molecule has 1 unspecified atom stereocenters. The molecule has 0 spiro atoms. The second kappa shape index (κ2) is 7.19. The lowest BCUT2D eigenvalue weighted by Crippen LogP contribution is -2.38. The Morgan fingerprint density at radius 1 is 1.40 bits per heavy atom. The number of fused-ring (bicyclic) bond motifs is 1. The maximum absolute atomic E-state index is 12.7. The third kappa shape index (κ3) is 3.35. The molecule has 0 saturated carbocycles. The fraction of sp³-hybridized carbons (Fsp3) is 0.421. The predicted molar refractivity (Wildman–Crippen MR) is 92.4 cm³/mol. The van der Waals surface area contributed by atoms with Crippen LogP contribution in [-0.2, 0) is 11.3 Å². The normalized spacial score (nSPS) is 20.6. The minimum absolute atomic E-state index is 0.0624. The Hall–Kier alpha value is -2.47. The van der Waals surface area contributed by atoms with Gasteiger partial charge >= 0.3 is 5.97 Å². The molecular weight excluding hydrogens is 320 g/mol. The number of nitrogens with zero attached hydrogens (tertiary/aromatic N) is 2. The van der Waals surface area contributed by atoms with Crippen molar-refractivity contribution in [2.75, 3.05) is 6.61 Å². The van der Waals surface area contributed by atoms with Gasteiger partial charge in [0.15, 0.2) is 0 Å². The molecule has 0 radical (unpaired) electrons. The van der Waals surface area contributed by atoms with E-state index in [-0.39, 0.29) is 24.0 Å². The van der Waals surface area contributed by atoms with Gasteiger partial charge in [0.05, 0.1) is 12.7 Å². The summed E-state index contributed by atoms with van der Waals surface area (Å²) >= 11 is 0. The van der Waals surface area contributed by atoms with E-state index in [0.717, 1.165) is 12.0 Å². The maximum atomic E-state index is 12.7. The van der Waals surface area contributed by atoms with Crippen molar-refractivity contribution in [2.24, 2.45) is 5.92 Å². The zero-order chi connectivity index (χ0) is 18.0. The van der Waals surface area contributed by atoms with Gasteiger partial charge in [0.1, 0.15) is 11.4 Å². The number of carbonyl (C=O) groups excluding carboxylic acids is 1. The number of aliphatic hydroxyl groups excluding tert-OH is 1. The van der Waals surface area contributed by atoms with Crippen molar-refractivity contribution in [3.05, 3.63) is 63.8 Å². The topological polar surface area (TPSA) is 81.4 Å². The van der Waals surface area contributed by atoms with Crippen molar-refractivity contribution in [1.29, 1.82) is 0 Å². The summed E-state index contributed by atoms with van der Waals surface area (Å²) in [5.74, 6) is -0.246. The van der Waals surface area contributed by atoms with Gasteiger partial charge in [0.25, 0.3) is 5.56 Å². The number of hydrogen-bond donors (Lipinski definition) is 1. The van der Waals surface area contributed by atoms with Gasteiger partial charge in [0, 0.05) is 18.7 Å². The summed E-state index contributed by atoms with van der Waals surface area (Å²) in [6, 6.07) is 9.35. The van der Waals surface area contributed by atoms with Gasteiger partial charge in [-0.2, -0.15) is 0 Å². The Morgan fingerprint density at radius 2 is 2.12 bits per heavy atom. The van der Waals surface area contributed by atoms with Crippen LogP contribution < -0.4 is 5.56 Å². The zero-order valence-corrected chi connectivity index (χ0v) is 14.4.